The smallest absolute Gasteiger partial charge is 0.118 e. The fourth-order valence-corrected chi connectivity index (χ4v) is 0.920. The number of rotatable bonds is 0. The summed E-state index contributed by atoms with van der Waals surface area (Å²) in [6.45, 7) is 0. The molecule has 2 atom stereocenters. The summed E-state index contributed by atoms with van der Waals surface area (Å²) in [4.78, 5) is 0. The summed E-state index contributed by atoms with van der Waals surface area (Å²) in [7, 11) is 0. The molecule has 2 unspecified atom stereocenters. The Labute approximate surface area is 52.2 Å². The Bertz CT molecular complexity index is 71.2. The molecule has 1 aliphatic carbocycles. The summed E-state index contributed by atoms with van der Waals surface area (Å²) in [6.07, 6.45) is 0.783. The Morgan fingerprint density at radius 2 is 2.00 bits per heavy atom. The van der Waals surface area contributed by atoms with Crippen molar-refractivity contribution in [3.63, 3.8) is 0 Å². The molecule has 0 aromatic carbocycles. The highest BCUT2D eigenvalue weighted by Gasteiger charge is 2.49. The van der Waals surface area contributed by atoms with Crippen LogP contribution in [0.15, 0.2) is 0 Å². The summed E-state index contributed by atoms with van der Waals surface area (Å²) in [6, 6.07) is 0. The fourth-order valence-electron chi connectivity index (χ4n) is 0.185. The summed E-state index contributed by atoms with van der Waals surface area (Å²) >= 11 is 15.6. The van der Waals surface area contributed by atoms with Gasteiger partial charge in [-0.15, -0.1) is 23.2 Å². The molecule has 0 aromatic rings. The van der Waals surface area contributed by atoms with Crippen molar-refractivity contribution >= 4 is 35.8 Å². The Balaban J connectivity index is 2.41. The van der Waals surface area contributed by atoms with Gasteiger partial charge in [0.2, 0.25) is 0 Å². The van der Waals surface area contributed by atoms with E-state index in [0.29, 0.717) is 0 Å². The highest BCUT2D eigenvalue weighted by atomic mass is 35.5. The largest absolute Gasteiger partial charge is 0.120 e. The van der Waals surface area contributed by atoms with Gasteiger partial charge in [0.1, 0.15) is 4.21 Å². The second kappa shape index (κ2) is 1.21. The van der Waals surface area contributed by atoms with E-state index >= 15 is 0 Å². The van der Waals surface area contributed by atoms with Crippen molar-refractivity contribution in [3.8, 4) is 0 Å². The van der Waals surface area contributed by atoms with Gasteiger partial charge in [-0.05, 0) is 6.42 Å². The molecule has 1 radical (unpaired) electrons. The first-order valence-corrected chi connectivity index (χ1v) is 2.88. The Kier molecular flexibility index (Phi) is 1.02. The lowest BCUT2D eigenvalue weighted by molar-refractivity contribution is 1.40. The molecule has 0 N–H and O–H groups in total. The van der Waals surface area contributed by atoms with Crippen molar-refractivity contribution in [2.45, 2.75) is 16.0 Å². The van der Waals surface area contributed by atoms with Crippen LogP contribution in [0.25, 0.3) is 0 Å². The minimum absolute atomic E-state index is 0.0502. The van der Waals surface area contributed by atoms with Crippen LogP contribution in [-0.4, -0.2) is 9.58 Å². The first-order chi connectivity index (χ1) is 2.63. The summed E-state index contributed by atoms with van der Waals surface area (Å²) in [5, 5.41) is 0.0502. The van der Waals surface area contributed by atoms with Gasteiger partial charge in [0.15, 0.2) is 0 Å². The lowest BCUT2D eigenvalue weighted by Gasteiger charge is -1.84. The maximum atomic E-state index is 5.47. The molecule has 0 amide bonds. The molecule has 0 aromatic heterocycles. The number of halogens is 2. The molecular formula is C3H3Cl2S. The van der Waals surface area contributed by atoms with Crippen LogP contribution in [0.3, 0.4) is 0 Å². The standard InChI is InChI=1S/C3H3Cl2S/c4-2-1-3(2,5)6/h2H,1H2. The molecule has 1 saturated carbocycles. The normalized spacial score (nSPS) is 55.5. The van der Waals surface area contributed by atoms with Crippen LogP contribution in [0, 0.1) is 0 Å². The lowest BCUT2D eigenvalue weighted by Crippen LogP contribution is -1.84. The van der Waals surface area contributed by atoms with Gasteiger partial charge in [-0.2, -0.15) is 0 Å². The zero-order valence-corrected chi connectivity index (χ0v) is 5.28. The van der Waals surface area contributed by atoms with Crippen LogP contribution in [0.4, 0.5) is 0 Å². The number of hydrogen-bond acceptors (Lipinski definition) is 0. The molecule has 0 saturated heterocycles. The lowest BCUT2D eigenvalue weighted by atomic mass is 10.9. The SMILES string of the molecule is [S]C1(Cl)CC1Cl. The summed E-state index contributed by atoms with van der Waals surface area (Å²) < 4.78 is -0.471. The Morgan fingerprint density at radius 3 is 2.00 bits per heavy atom. The summed E-state index contributed by atoms with van der Waals surface area (Å²) in [5.41, 5.74) is 0. The maximum Gasteiger partial charge on any atom is 0.118 e. The molecule has 35 valence electrons. The minimum Gasteiger partial charge on any atom is -0.120 e. The van der Waals surface area contributed by atoms with E-state index in [0.717, 1.165) is 6.42 Å². The van der Waals surface area contributed by atoms with Crippen LogP contribution in [-0.2, 0) is 0 Å². The quantitative estimate of drug-likeness (QED) is 0.454. The molecule has 0 heterocycles. The van der Waals surface area contributed by atoms with Crippen LogP contribution in [0.5, 0.6) is 0 Å². The van der Waals surface area contributed by atoms with Crippen molar-refractivity contribution < 1.29 is 0 Å². The van der Waals surface area contributed by atoms with E-state index < -0.39 is 4.21 Å². The van der Waals surface area contributed by atoms with E-state index in [-0.39, 0.29) is 5.38 Å². The molecule has 6 heavy (non-hydrogen) atoms. The second-order valence-electron chi connectivity index (χ2n) is 1.46. The van der Waals surface area contributed by atoms with Gasteiger partial charge < -0.3 is 0 Å². The first kappa shape index (κ1) is 5.07. The zero-order valence-electron chi connectivity index (χ0n) is 2.95. The highest BCUT2D eigenvalue weighted by molar-refractivity contribution is 7.84. The van der Waals surface area contributed by atoms with E-state index in [2.05, 4.69) is 0 Å². The van der Waals surface area contributed by atoms with Gasteiger partial charge in [0.25, 0.3) is 0 Å². The van der Waals surface area contributed by atoms with E-state index in [4.69, 9.17) is 35.8 Å². The van der Waals surface area contributed by atoms with Crippen molar-refractivity contribution in [1.29, 1.82) is 0 Å². The van der Waals surface area contributed by atoms with Gasteiger partial charge in [0.05, 0.1) is 5.38 Å². The van der Waals surface area contributed by atoms with E-state index in [1.54, 1.807) is 0 Å². The third kappa shape index (κ3) is 0.772. The van der Waals surface area contributed by atoms with Gasteiger partial charge in [-0.1, -0.05) is 12.6 Å². The minimum atomic E-state index is -0.471. The van der Waals surface area contributed by atoms with Gasteiger partial charge >= 0.3 is 0 Å². The van der Waals surface area contributed by atoms with Crippen LogP contribution in [0.1, 0.15) is 6.42 Å². The van der Waals surface area contributed by atoms with Crippen molar-refractivity contribution in [1.82, 2.24) is 0 Å². The number of hydrogen-bond donors (Lipinski definition) is 0. The third-order valence-electron chi connectivity index (χ3n) is 0.765. The van der Waals surface area contributed by atoms with E-state index in [9.17, 15) is 0 Å². The fraction of sp³-hybridized carbons (Fsp3) is 1.00. The third-order valence-corrected chi connectivity index (χ3v) is 2.40. The van der Waals surface area contributed by atoms with Gasteiger partial charge in [0, 0.05) is 0 Å². The van der Waals surface area contributed by atoms with E-state index in [1.807, 2.05) is 0 Å². The Hall–Kier alpha value is 0.930. The zero-order chi connectivity index (χ0) is 4.78. The average molecular weight is 142 g/mol. The molecular weight excluding hydrogens is 139 g/mol. The summed E-state index contributed by atoms with van der Waals surface area (Å²) in [5.74, 6) is 0. The molecule has 1 aliphatic rings. The molecule has 0 bridgehead atoms. The Morgan fingerprint density at radius 1 is 1.83 bits per heavy atom. The van der Waals surface area contributed by atoms with E-state index in [1.165, 1.54) is 0 Å². The topological polar surface area (TPSA) is 0 Å². The maximum absolute atomic E-state index is 5.47. The highest BCUT2D eigenvalue weighted by Crippen LogP contribution is 2.50. The number of alkyl halides is 2. The molecule has 0 aliphatic heterocycles. The van der Waals surface area contributed by atoms with Crippen molar-refractivity contribution in [2.24, 2.45) is 0 Å². The molecule has 3 heteroatoms. The first-order valence-electron chi connectivity index (χ1n) is 1.66. The van der Waals surface area contributed by atoms with Crippen molar-refractivity contribution in [3.05, 3.63) is 0 Å². The van der Waals surface area contributed by atoms with Crippen molar-refractivity contribution in [2.75, 3.05) is 0 Å². The molecule has 0 nitrogen and oxygen atoms in total. The van der Waals surface area contributed by atoms with Gasteiger partial charge in [-0.3, -0.25) is 0 Å². The van der Waals surface area contributed by atoms with Crippen LogP contribution in [0.2, 0.25) is 0 Å². The average Bonchev–Trinajstić information content (AvgIpc) is 1.73. The van der Waals surface area contributed by atoms with Gasteiger partial charge in [-0.25, -0.2) is 0 Å². The monoisotopic (exact) mass is 141 g/mol. The molecule has 1 fully saturated rings. The molecule has 1 rings (SSSR count). The molecule has 0 spiro atoms. The second-order valence-corrected chi connectivity index (χ2v) is 3.61. The van der Waals surface area contributed by atoms with Crippen LogP contribution >= 0.6 is 35.8 Å². The van der Waals surface area contributed by atoms with Crippen LogP contribution < -0.4 is 0 Å². The predicted octanol–water partition coefficient (Wildman–Crippen LogP) is 2.13. The predicted molar refractivity (Wildman–Crippen MR) is 30.4 cm³/mol.